The molecule has 0 unspecified atom stereocenters. The van der Waals surface area contributed by atoms with Crippen molar-refractivity contribution in [2.24, 2.45) is 5.92 Å². The van der Waals surface area contributed by atoms with E-state index in [-0.39, 0.29) is 23.9 Å². The van der Waals surface area contributed by atoms with Gasteiger partial charge in [0.05, 0.1) is 13.2 Å². The van der Waals surface area contributed by atoms with Gasteiger partial charge < -0.3 is 24.1 Å². The number of aliphatic hydroxyl groups is 1. The predicted octanol–water partition coefficient (Wildman–Crippen LogP) is 2.03. The molecule has 138 valence electrons. The second-order valence-corrected chi connectivity index (χ2v) is 6.67. The van der Waals surface area contributed by atoms with Gasteiger partial charge in [-0.25, -0.2) is 0 Å². The van der Waals surface area contributed by atoms with Crippen molar-refractivity contribution in [3.8, 4) is 5.75 Å². The highest BCUT2D eigenvalue weighted by Gasteiger charge is 2.53. The molecule has 4 atom stereocenters. The Labute approximate surface area is 148 Å². The zero-order chi connectivity index (χ0) is 18.0. The van der Waals surface area contributed by atoms with Gasteiger partial charge in [-0.05, 0) is 18.4 Å². The summed E-state index contributed by atoms with van der Waals surface area (Å²) < 4.78 is 21.7. The second kappa shape index (κ2) is 7.72. The molecule has 1 saturated carbocycles. The number of aliphatic hydroxyl groups excluding tert-OH is 1. The Bertz CT molecular complexity index is 612. The molecule has 1 aliphatic carbocycles. The van der Waals surface area contributed by atoms with E-state index in [2.05, 4.69) is 6.07 Å². The number of ether oxygens (including phenoxy) is 4. The van der Waals surface area contributed by atoms with Crippen molar-refractivity contribution in [3.05, 3.63) is 29.3 Å². The Balaban J connectivity index is 1.80. The number of para-hydroxylation sites is 1. The van der Waals surface area contributed by atoms with Gasteiger partial charge in [-0.2, -0.15) is 0 Å². The molecule has 0 aromatic heterocycles. The fourth-order valence-electron chi connectivity index (χ4n) is 4.20. The number of hydrogen-bond donors (Lipinski definition) is 1. The number of aryl methyl sites for hydroxylation is 1. The summed E-state index contributed by atoms with van der Waals surface area (Å²) in [7, 11) is 4.59. The van der Waals surface area contributed by atoms with E-state index in [4.69, 9.17) is 18.9 Å². The molecule has 0 saturated heterocycles. The Morgan fingerprint density at radius 3 is 2.76 bits per heavy atom. The highest BCUT2D eigenvalue weighted by Crippen LogP contribution is 2.52. The van der Waals surface area contributed by atoms with Gasteiger partial charge in [0.2, 0.25) is 0 Å². The summed E-state index contributed by atoms with van der Waals surface area (Å²) in [6, 6.07) is 6.10. The molecule has 0 amide bonds. The lowest BCUT2D eigenvalue weighted by Crippen LogP contribution is -2.34. The van der Waals surface area contributed by atoms with Crippen LogP contribution >= 0.6 is 0 Å². The molecule has 1 aliphatic heterocycles. The van der Waals surface area contributed by atoms with Crippen LogP contribution in [0.4, 0.5) is 0 Å². The summed E-state index contributed by atoms with van der Waals surface area (Å²) >= 11 is 0. The van der Waals surface area contributed by atoms with Gasteiger partial charge in [0.15, 0.2) is 6.29 Å². The monoisotopic (exact) mass is 350 g/mol. The van der Waals surface area contributed by atoms with Crippen LogP contribution in [0.1, 0.15) is 36.3 Å². The maximum absolute atomic E-state index is 11.3. The molecule has 3 rings (SSSR count). The van der Waals surface area contributed by atoms with Crippen LogP contribution in [0.5, 0.6) is 5.75 Å². The Morgan fingerprint density at radius 2 is 2.08 bits per heavy atom. The SMILES string of the molecule is COC(=O)CCCc1cccc2c1O[C@H]1C[C@@H](O)[C@H](C(OC)OC)[C@@H]21. The van der Waals surface area contributed by atoms with Gasteiger partial charge in [-0.3, -0.25) is 4.79 Å². The van der Waals surface area contributed by atoms with Crippen LogP contribution in [0.3, 0.4) is 0 Å². The maximum Gasteiger partial charge on any atom is 0.305 e. The maximum atomic E-state index is 11.3. The molecule has 1 heterocycles. The second-order valence-electron chi connectivity index (χ2n) is 6.67. The average molecular weight is 350 g/mol. The standard InChI is InChI=1S/C19H26O6/c1-22-15(21)9-5-7-11-6-4-8-12-16-14(25-18(11)12)10-13(20)17(16)19(23-2)24-3/h4,6,8,13-14,16-17,19-20H,5,7,9-10H2,1-3H3/t13-,14+,16+,17+/m1/s1. The zero-order valence-electron chi connectivity index (χ0n) is 14.9. The minimum atomic E-state index is -0.518. The first-order valence-electron chi connectivity index (χ1n) is 8.69. The molecule has 1 aromatic rings. The van der Waals surface area contributed by atoms with E-state index in [0.717, 1.165) is 23.3 Å². The lowest BCUT2D eigenvalue weighted by Gasteiger charge is -2.27. The van der Waals surface area contributed by atoms with E-state index in [0.29, 0.717) is 19.3 Å². The van der Waals surface area contributed by atoms with Gasteiger partial charge in [0.1, 0.15) is 11.9 Å². The number of esters is 1. The average Bonchev–Trinajstić information content (AvgIpc) is 3.12. The van der Waals surface area contributed by atoms with Crippen LogP contribution in [0.15, 0.2) is 18.2 Å². The van der Waals surface area contributed by atoms with E-state index in [1.54, 1.807) is 14.2 Å². The van der Waals surface area contributed by atoms with E-state index in [1.165, 1.54) is 7.11 Å². The van der Waals surface area contributed by atoms with Crippen LogP contribution in [-0.4, -0.2) is 50.9 Å². The molecule has 1 fully saturated rings. The summed E-state index contributed by atoms with van der Waals surface area (Å²) in [5.41, 5.74) is 2.19. The molecule has 0 spiro atoms. The quantitative estimate of drug-likeness (QED) is 0.599. The van der Waals surface area contributed by atoms with E-state index < -0.39 is 12.4 Å². The van der Waals surface area contributed by atoms with E-state index >= 15 is 0 Å². The summed E-state index contributed by atoms with van der Waals surface area (Å²) in [4.78, 5) is 11.3. The summed E-state index contributed by atoms with van der Waals surface area (Å²) in [6.07, 6.45) is 1.37. The van der Waals surface area contributed by atoms with Gasteiger partial charge in [-0.15, -0.1) is 0 Å². The van der Waals surface area contributed by atoms with Crippen molar-refractivity contribution in [2.45, 2.75) is 50.1 Å². The van der Waals surface area contributed by atoms with E-state index in [1.807, 2.05) is 12.1 Å². The summed E-state index contributed by atoms with van der Waals surface area (Å²) in [6.45, 7) is 0. The number of rotatable bonds is 7. The molecule has 2 aliphatic rings. The van der Waals surface area contributed by atoms with Crippen LogP contribution in [0, 0.1) is 5.92 Å². The number of methoxy groups -OCH3 is 3. The molecular formula is C19H26O6. The predicted molar refractivity (Wildman–Crippen MR) is 90.5 cm³/mol. The van der Waals surface area contributed by atoms with Crippen LogP contribution in [0.25, 0.3) is 0 Å². The van der Waals surface area contributed by atoms with Crippen molar-refractivity contribution < 1.29 is 28.8 Å². The smallest absolute Gasteiger partial charge is 0.305 e. The highest BCUT2D eigenvalue weighted by atomic mass is 16.7. The van der Waals surface area contributed by atoms with Gasteiger partial charge in [-0.1, -0.05) is 18.2 Å². The number of benzene rings is 1. The number of carbonyl (C=O) groups excluding carboxylic acids is 1. The van der Waals surface area contributed by atoms with Crippen molar-refractivity contribution >= 4 is 5.97 Å². The van der Waals surface area contributed by atoms with Gasteiger partial charge in [0, 0.05) is 44.5 Å². The van der Waals surface area contributed by atoms with Crippen molar-refractivity contribution in [2.75, 3.05) is 21.3 Å². The molecule has 0 bridgehead atoms. The zero-order valence-corrected chi connectivity index (χ0v) is 14.9. The lowest BCUT2D eigenvalue weighted by atomic mass is 9.86. The number of hydrogen-bond acceptors (Lipinski definition) is 6. The molecule has 6 heteroatoms. The third kappa shape index (κ3) is 3.38. The fraction of sp³-hybridized carbons (Fsp3) is 0.632. The Kier molecular flexibility index (Phi) is 5.61. The third-order valence-corrected chi connectivity index (χ3v) is 5.32. The molecular weight excluding hydrogens is 324 g/mol. The highest BCUT2D eigenvalue weighted by molar-refractivity contribution is 5.69. The van der Waals surface area contributed by atoms with Crippen molar-refractivity contribution in [1.82, 2.24) is 0 Å². The summed E-state index contributed by atoms with van der Waals surface area (Å²) in [5.74, 6) is 0.587. The minimum Gasteiger partial charge on any atom is -0.489 e. The van der Waals surface area contributed by atoms with Crippen LogP contribution in [-0.2, 0) is 25.4 Å². The van der Waals surface area contributed by atoms with Crippen LogP contribution < -0.4 is 4.74 Å². The lowest BCUT2D eigenvalue weighted by molar-refractivity contribution is -0.158. The Hall–Kier alpha value is -1.63. The molecule has 1 N–H and O–H groups in total. The van der Waals surface area contributed by atoms with Gasteiger partial charge in [0.25, 0.3) is 0 Å². The molecule has 25 heavy (non-hydrogen) atoms. The number of fused-ring (bicyclic) bond motifs is 3. The normalized spacial score (nSPS) is 27.1. The molecule has 0 radical (unpaired) electrons. The minimum absolute atomic E-state index is 0.0513. The topological polar surface area (TPSA) is 74.2 Å². The first-order chi connectivity index (χ1) is 12.1. The van der Waals surface area contributed by atoms with E-state index in [9.17, 15) is 9.90 Å². The molecule has 6 nitrogen and oxygen atoms in total. The van der Waals surface area contributed by atoms with Crippen molar-refractivity contribution in [1.29, 1.82) is 0 Å². The van der Waals surface area contributed by atoms with Crippen molar-refractivity contribution in [3.63, 3.8) is 0 Å². The summed E-state index contributed by atoms with van der Waals surface area (Å²) in [5, 5.41) is 10.5. The first kappa shape index (κ1) is 18.2. The van der Waals surface area contributed by atoms with Crippen LogP contribution in [0.2, 0.25) is 0 Å². The fourth-order valence-corrected chi connectivity index (χ4v) is 4.20. The Morgan fingerprint density at radius 1 is 1.32 bits per heavy atom. The number of carbonyl (C=O) groups is 1. The molecule has 1 aromatic carbocycles. The third-order valence-electron chi connectivity index (χ3n) is 5.32. The van der Waals surface area contributed by atoms with Gasteiger partial charge >= 0.3 is 5.97 Å². The first-order valence-corrected chi connectivity index (χ1v) is 8.69. The largest absolute Gasteiger partial charge is 0.489 e.